The third-order valence-electron chi connectivity index (χ3n) is 2.41. The Morgan fingerprint density at radius 3 is 2.61 bits per heavy atom. The maximum absolute atomic E-state index is 12.0. The molecular formula is C12H13Cl2NO3. The minimum Gasteiger partial charge on any atom is -0.469 e. The summed E-state index contributed by atoms with van der Waals surface area (Å²) < 4.78 is 4.50. The van der Waals surface area contributed by atoms with Crippen LogP contribution in [0.2, 0.25) is 10.0 Å². The molecule has 0 saturated heterocycles. The van der Waals surface area contributed by atoms with E-state index in [9.17, 15) is 9.59 Å². The van der Waals surface area contributed by atoms with Crippen LogP contribution in [0, 0.1) is 0 Å². The number of methoxy groups -OCH3 is 1. The molecule has 0 radical (unpaired) electrons. The molecule has 1 rings (SSSR count). The van der Waals surface area contributed by atoms with Gasteiger partial charge < -0.3 is 9.64 Å². The maximum atomic E-state index is 12.0. The number of ether oxygens (including phenoxy) is 1. The van der Waals surface area contributed by atoms with E-state index in [0.717, 1.165) is 0 Å². The first-order valence-electron chi connectivity index (χ1n) is 5.23. The van der Waals surface area contributed by atoms with Crippen LogP contribution in [0.15, 0.2) is 18.2 Å². The molecule has 0 aliphatic rings. The summed E-state index contributed by atoms with van der Waals surface area (Å²) in [5, 5.41) is 0.540. The second-order valence-electron chi connectivity index (χ2n) is 3.65. The van der Waals surface area contributed by atoms with Crippen molar-refractivity contribution in [3.8, 4) is 0 Å². The van der Waals surface area contributed by atoms with Crippen molar-refractivity contribution in [1.82, 2.24) is 4.90 Å². The Kier molecular flexibility index (Phi) is 5.44. The van der Waals surface area contributed by atoms with Crippen LogP contribution in [0.1, 0.15) is 16.8 Å². The van der Waals surface area contributed by atoms with E-state index in [2.05, 4.69) is 4.74 Å². The lowest BCUT2D eigenvalue weighted by Crippen LogP contribution is -2.29. The average Bonchev–Trinajstić information content (AvgIpc) is 2.37. The SMILES string of the molecule is COC(=O)CCN(C)C(=O)c1cccc(Cl)c1Cl. The number of esters is 1. The Morgan fingerprint density at radius 2 is 2.00 bits per heavy atom. The zero-order valence-corrected chi connectivity index (χ0v) is 11.6. The lowest BCUT2D eigenvalue weighted by Gasteiger charge is -2.17. The van der Waals surface area contributed by atoms with Gasteiger partial charge in [-0.3, -0.25) is 9.59 Å². The molecule has 0 bridgehead atoms. The number of hydrogen-bond acceptors (Lipinski definition) is 3. The molecule has 0 N–H and O–H groups in total. The molecule has 4 nitrogen and oxygen atoms in total. The number of carbonyl (C=O) groups is 2. The van der Waals surface area contributed by atoms with Gasteiger partial charge in [-0.1, -0.05) is 29.3 Å². The third kappa shape index (κ3) is 3.62. The van der Waals surface area contributed by atoms with E-state index >= 15 is 0 Å². The molecule has 1 amide bonds. The molecule has 0 fully saturated rings. The molecule has 6 heteroatoms. The van der Waals surface area contributed by atoms with E-state index < -0.39 is 0 Å². The topological polar surface area (TPSA) is 46.6 Å². The maximum Gasteiger partial charge on any atom is 0.307 e. The molecule has 0 aliphatic heterocycles. The Morgan fingerprint density at radius 1 is 1.33 bits per heavy atom. The Labute approximate surface area is 115 Å². The molecule has 0 unspecified atom stereocenters. The van der Waals surface area contributed by atoms with Gasteiger partial charge in [0.05, 0.1) is 29.1 Å². The monoisotopic (exact) mass is 289 g/mol. The van der Waals surface area contributed by atoms with E-state index in [1.807, 2.05) is 0 Å². The quantitative estimate of drug-likeness (QED) is 0.801. The summed E-state index contributed by atoms with van der Waals surface area (Å²) in [5.41, 5.74) is 0.316. The summed E-state index contributed by atoms with van der Waals surface area (Å²) in [5.74, 6) is -0.654. The van der Waals surface area contributed by atoms with Gasteiger partial charge in [0.15, 0.2) is 0 Å². The summed E-state index contributed by atoms with van der Waals surface area (Å²) in [6.45, 7) is 0.258. The molecule has 0 atom stereocenters. The van der Waals surface area contributed by atoms with Crippen molar-refractivity contribution in [1.29, 1.82) is 0 Å². The highest BCUT2D eigenvalue weighted by atomic mass is 35.5. The van der Waals surface area contributed by atoms with Crippen molar-refractivity contribution in [2.24, 2.45) is 0 Å². The van der Waals surface area contributed by atoms with E-state index in [0.29, 0.717) is 10.6 Å². The van der Waals surface area contributed by atoms with Crippen molar-refractivity contribution in [2.75, 3.05) is 20.7 Å². The summed E-state index contributed by atoms with van der Waals surface area (Å²) in [7, 11) is 2.89. The van der Waals surface area contributed by atoms with Gasteiger partial charge in [0.1, 0.15) is 0 Å². The molecule has 0 heterocycles. The summed E-state index contributed by atoms with van der Waals surface area (Å²) in [4.78, 5) is 24.4. The van der Waals surface area contributed by atoms with Gasteiger partial charge >= 0.3 is 5.97 Å². The van der Waals surface area contributed by atoms with Crippen molar-refractivity contribution in [3.63, 3.8) is 0 Å². The molecule has 0 spiro atoms. The molecule has 0 saturated carbocycles. The van der Waals surface area contributed by atoms with Gasteiger partial charge in [-0.2, -0.15) is 0 Å². The van der Waals surface area contributed by atoms with E-state index in [1.165, 1.54) is 12.0 Å². The van der Waals surface area contributed by atoms with Gasteiger partial charge in [0.2, 0.25) is 0 Å². The first-order valence-corrected chi connectivity index (χ1v) is 5.99. The molecule has 0 aromatic heterocycles. The van der Waals surface area contributed by atoms with Crippen molar-refractivity contribution >= 4 is 35.1 Å². The van der Waals surface area contributed by atoms with Gasteiger partial charge in [-0.25, -0.2) is 0 Å². The second-order valence-corrected chi connectivity index (χ2v) is 4.44. The Bertz CT molecular complexity index is 463. The van der Waals surface area contributed by atoms with Crippen LogP contribution in [0.3, 0.4) is 0 Å². The van der Waals surface area contributed by atoms with Gasteiger partial charge in [-0.05, 0) is 12.1 Å². The predicted octanol–water partition coefficient (Wildman–Crippen LogP) is 2.63. The molecule has 0 aliphatic carbocycles. The number of halogens is 2. The first kappa shape index (κ1) is 14.8. The zero-order chi connectivity index (χ0) is 13.7. The van der Waals surface area contributed by atoms with Crippen molar-refractivity contribution in [3.05, 3.63) is 33.8 Å². The van der Waals surface area contributed by atoms with E-state index in [1.54, 1.807) is 25.2 Å². The summed E-state index contributed by atoms with van der Waals surface area (Å²) in [6, 6.07) is 4.84. The minimum absolute atomic E-state index is 0.136. The van der Waals surface area contributed by atoms with Crippen molar-refractivity contribution < 1.29 is 14.3 Å². The summed E-state index contributed by atoms with van der Waals surface area (Å²) >= 11 is 11.8. The number of amides is 1. The van der Waals surface area contributed by atoms with Crippen LogP contribution < -0.4 is 0 Å². The summed E-state index contributed by atoms with van der Waals surface area (Å²) in [6.07, 6.45) is 0.136. The van der Waals surface area contributed by atoms with Gasteiger partial charge in [-0.15, -0.1) is 0 Å². The van der Waals surface area contributed by atoms with Gasteiger partial charge in [0.25, 0.3) is 5.91 Å². The zero-order valence-electron chi connectivity index (χ0n) is 10.1. The highest BCUT2D eigenvalue weighted by Gasteiger charge is 2.17. The van der Waals surface area contributed by atoms with Crippen LogP contribution in [-0.2, 0) is 9.53 Å². The fraction of sp³-hybridized carbons (Fsp3) is 0.333. The standard InChI is InChI=1S/C12H13Cl2NO3/c1-15(7-6-10(16)18-2)12(17)8-4-3-5-9(13)11(8)14/h3-5H,6-7H2,1-2H3. The Hall–Kier alpha value is -1.26. The normalized spacial score (nSPS) is 10.0. The largest absolute Gasteiger partial charge is 0.469 e. The molecular weight excluding hydrogens is 277 g/mol. The smallest absolute Gasteiger partial charge is 0.307 e. The lowest BCUT2D eigenvalue weighted by molar-refractivity contribution is -0.140. The van der Waals surface area contributed by atoms with Crippen LogP contribution in [-0.4, -0.2) is 37.5 Å². The molecule has 1 aromatic carbocycles. The number of carbonyl (C=O) groups excluding carboxylic acids is 2. The minimum atomic E-state index is -0.369. The highest BCUT2D eigenvalue weighted by molar-refractivity contribution is 6.43. The van der Waals surface area contributed by atoms with Gasteiger partial charge in [0, 0.05) is 13.6 Å². The predicted molar refractivity (Wildman–Crippen MR) is 70.1 cm³/mol. The van der Waals surface area contributed by atoms with E-state index in [4.69, 9.17) is 23.2 Å². The fourth-order valence-corrected chi connectivity index (χ4v) is 1.72. The number of benzene rings is 1. The average molecular weight is 290 g/mol. The third-order valence-corrected chi connectivity index (χ3v) is 3.23. The number of hydrogen-bond donors (Lipinski definition) is 0. The molecule has 98 valence electrons. The highest BCUT2D eigenvalue weighted by Crippen LogP contribution is 2.26. The van der Waals surface area contributed by atoms with Crippen LogP contribution in [0.4, 0.5) is 0 Å². The second kappa shape index (κ2) is 6.61. The number of nitrogens with zero attached hydrogens (tertiary/aromatic N) is 1. The Balaban J connectivity index is 2.74. The molecule has 1 aromatic rings. The number of rotatable bonds is 4. The van der Waals surface area contributed by atoms with Crippen LogP contribution in [0.5, 0.6) is 0 Å². The first-order chi connectivity index (χ1) is 8.47. The van der Waals surface area contributed by atoms with Crippen molar-refractivity contribution in [2.45, 2.75) is 6.42 Å². The van der Waals surface area contributed by atoms with Crippen LogP contribution in [0.25, 0.3) is 0 Å². The molecule has 18 heavy (non-hydrogen) atoms. The van der Waals surface area contributed by atoms with Crippen LogP contribution >= 0.6 is 23.2 Å². The van der Waals surface area contributed by atoms with E-state index in [-0.39, 0.29) is 29.9 Å². The fourth-order valence-electron chi connectivity index (χ4n) is 1.34. The lowest BCUT2D eigenvalue weighted by atomic mass is 10.2.